The molecule has 1 saturated heterocycles. The molecule has 1 N–H and O–H groups in total. The SMILES string of the molecule is CC(C)C[C@@H](NC(=O)c1ccc(N2CCCCS2(=O)=O)cc1)c1ccccc1. The molecule has 0 radical (unpaired) electrons. The first-order valence-corrected chi connectivity index (χ1v) is 11.4. The Bertz CT molecular complexity index is 893. The summed E-state index contributed by atoms with van der Waals surface area (Å²) in [7, 11) is -3.25. The van der Waals surface area contributed by atoms with Gasteiger partial charge in [0.05, 0.1) is 17.5 Å². The standard InChI is InChI=1S/C22H28N2O3S/c1-17(2)16-21(18-8-4-3-5-9-18)23-22(25)19-10-12-20(13-11-19)24-14-6-7-15-28(24,26)27/h3-5,8-13,17,21H,6-7,14-16H2,1-2H3,(H,23,25)/t21-/m1/s1. The van der Waals surface area contributed by atoms with Gasteiger partial charge in [-0.2, -0.15) is 0 Å². The molecule has 1 heterocycles. The van der Waals surface area contributed by atoms with E-state index in [2.05, 4.69) is 19.2 Å². The molecule has 0 aliphatic carbocycles. The molecule has 0 spiro atoms. The Hall–Kier alpha value is -2.34. The number of nitrogens with one attached hydrogen (secondary N) is 1. The fourth-order valence-electron chi connectivity index (χ4n) is 3.53. The fraction of sp³-hybridized carbons (Fsp3) is 0.409. The number of hydrogen-bond acceptors (Lipinski definition) is 3. The molecule has 1 aliphatic rings. The maximum absolute atomic E-state index is 12.8. The van der Waals surface area contributed by atoms with E-state index in [4.69, 9.17) is 0 Å². The second-order valence-corrected chi connectivity index (χ2v) is 9.72. The predicted molar refractivity (Wildman–Crippen MR) is 113 cm³/mol. The Morgan fingerprint density at radius 1 is 1.04 bits per heavy atom. The van der Waals surface area contributed by atoms with Gasteiger partial charge in [-0.3, -0.25) is 9.10 Å². The van der Waals surface area contributed by atoms with Gasteiger partial charge in [0, 0.05) is 12.1 Å². The summed E-state index contributed by atoms with van der Waals surface area (Å²) < 4.78 is 26.0. The van der Waals surface area contributed by atoms with Gasteiger partial charge in [-0.1, -0.05) is 44.2 Å². The number of benzene rings is 2. The first-order valence-electron chi connectivity index (χ1n) is 9.83. The van der Waals surface area contributed by atoms with Crippen LogP contribution in [0.4, 0.5) is 5.69 Å². The summed E-state index contributed by atoms with van der Waals surface area (Å²) in [5.41, 5.74) is 2.24. The van der Waals surface area contributed by atoms with Gasteiger partial charge in [0.2, 0.25) is 10.0 Å². The second kappa shape index (κ2) is 8.78. The minimum Gasteiger partial charge on any atom is -0.345 e. The largest absolute Gasteiger partial charge is 0.345 e. The molecule has 5 nitrogen and oxygen atoms in total. The van der Waals surface area contributed by atoms with Gasteiger partial charge in [-0.05, 0) is 55.0 Å². The molecule has 0 saturated carbocycles. The van der Waals surface area contributed by atoms with Gasteiger partial charge < -0.3 is 5.32 Å². The highest BCUT2D eigenvalue weighted by Crippen LogP contribution is 2.25. The number of carbonyl (C=O) groups is 1. The molecule has 2 aromatic rings. The highest BCUT2D eigenvalue weighted by atomic mass is 32.2. The Morgan fingerprint density at radius 2 is 1.71 bits per heavy atom. The molecule has 2 aromatic carbocycles. The summed E-state index contributed by atoms with van der Waals surface area (Å²) in [5, 5.41) is 3.13. The normalized spacial score (nSPS) is 17.3. The van der Waals surface area contributed by atoms with Crippen LogP contribution in [0.2, 0.25) is 0 Å². The summed E-state index contributed by atoms with van der Waals surface area (Å²) in [6.45, 7) is 4.77. The molecule has 1 aliphatic heterocycles. The van der Waals surface area contributed by atoms with Crippen LogP contribution < -0.4 is 9.62 Å². The second-order valence-electron chi connectivity index (χ2n) is 7.71. The van der Waals surface area contributed by atoms with Crippen LogP contribution in [0, 0.1) is 5.92 Å². The number of carbonyl (C=O) groups excluding carboxylic acids is 1. The molecular weight excluding hydrogens is 372 g/mol. The molecule has 150 valence electrons. The van der Waals surface area contributed by atoms with Crippen molar-refractivity contribution >= 4 is 21.6 Å². The Morgan fingerprint density at radius 3 is 2.32 bits per heavy atom. The monoisotopic (exact) mass is 400 g/mol. The van der Waals surface area contributed by atoms with Crippen molar-refractivity contribution in [3.63, 3.8) is 0 Å². The van der Waals surface area contributed by atoms with Crippen LogP contribution in [0.5, 0.6) is 0 Å². The molecule has 3 rings (SSSR count). The van der Waals surface area contributed by atoms with Crippen molar-refractivity contribution in [2.24, 2.45) is 5.92 Å². The van der Waals surface area contributed by atoms with E-state index in [-0.39, 0.29) is 17.7 Å². The first kappa shape index (κ1) is 20.4. The van der Waals surface area contributed by atoms with E-state index in [1.54, 1.807) is 24.3 Å². The van der Waals surface area contributed by atoms with Crippen LogP contribution in [0.3, 0.4) is 0 Å². The van der Waals surface area contributed by atoms with Crippen LogP contribution in [0.15, 0.2) is 54.6 Å². The molecule has 6 heteroatoms. The van der Waals surface area contributed by atoms with Crippen LogP contribution in [-0.4, -0.2) is 26.6 Å². The minimum absolute atomic E-state index is 0.0594. The lowest BCUT2D eigenvalue weighted by Gasteiger charge is -2.28. The highest BCUT2D eigenvalue weighted by molar-refractivity contribution is 7.92. The van der Waals surface area contributed by atoms with Crippen LogP contribution in [0.1, 0.15) is 55.1 Å². The topological polar surface area (TPSA) is 66.5 Å². The molecule has 0 bridgehead atoms. The molecule has 28 heavy (non-hydrogen) atoms. The Labute approximate surface area is 167 Å². The molecule has 0 aromatic heterocycles. The summed E-state index contributed by atoms with van der Waals surface area (Å²) in [6.07, 6.45) is 2.41. The zero-order valence-corrected chi connectivity index (χ0v) is 17.3. The van der Waals surface area contributed by atoms with Gasteiger partial charge in [0.25, 0.3) is 5.91 Å². The van der Waals surface area contributed by atoms with Gasteiger partial charge in [-0.15, -0.1) is 0 Å². The number of nitrogens with zero attached hydrogens (tertiary/aromatic N) is 1. The van der Waals surface area contributed by atoms with Crippen molar-refractivity contribution in [2.75, 3.05) is 16.6 Å². The van der Waals surface area contributed by atoms with E-state index in [0.717, 1.165) is 18.4 Å². The molecule has 1 amide bonds. The van der Waals surface area contributed by atoms with Gasteiger partial charge >= 0.3 is 0 Å². The van der Waals surface area contributed by atoms with E-state index in [1.807, 2.05) is 30.3 Å². The number of rotatable bonds is 6. The Balaban J connectivity index is 1.74. The number of sulfonamides is 1. The zero-order valence-electron chi connectivity index (χ0n) is 16.5. The first-order chi connectivity index (χ1) is 13.4. The summed E-state index contributed by atoms with van der Waals surface area (Å²) in [5.74, 6) is 0.475. The average molecular weight is 401 g/mol. The predicted octanol–water partition coefficient (Wildman–Crippen LogP) is 4.13. The zero-order chi connectivity index (χ0) is 20.1. The third-order valence-corrected chi connectivity index (χ3v) is 6.85. The fourth-order valence-corrected chi connectivity index (χ4v) is 5.17. The maximum atomic E-state index is 12.8. The lowest BCUT2D eigenvalue weighted by molar-refractivity contribution is 0.0932. The van der Waals surface area contributed by atoms with E-state index < -0.39 is 10.0 Å². The van der Waals surface area contributed by atoms with E-state index in [0.29, 0.717) is 30.1 Å². The summed E-state index contributed by atoms with van der Waals surface area (Å²) >= 11 is 0. The summed E-state index contributed by atoms with van der Waals surface area (Å²) in [4.78, 5) is 12.8. The molecular formula is C22H28N2O3S. The maximum Gasteiger partial charge on any atom is 0.251 e. The molecule has 1 fully saturated rings. The van der Waals surface area contributed by atoms with Crippen molar-refractivity contribution in [3.8, 4) is 0 Å². The van der Waals surface area contributed by atoms with E-state index in [9.17, 15) is 13.2 Å². The van der Waals surface area contributed by atoms with Crippen LogP contribution in [-0.2, 0) is 10.0 Å². The Kier molecular flexibility index (Phi) is 6.39. The van der Waals surface area contributed by atoms with Crippen molar-refractivity contribution in [2.45, 2.75) is 39.2 Å². The quantitative estimate of drug-likeness (QED) is 0.793. The van der Waals surface area contributed by atoms with Crippen molar-refractivity contribution in [1.82, 2.24) is 5.32 Å². The van der Waals surface area contributed by atoms with Crippen LogP contribution in [0.25, 0.3) is 0 Å². The smallest absolute Gasteiger partial charge is 0.251 e. The molecule has 0 unspecified atom stereocenters. The van der Waals surface area contributed by atoms with E-state index in [1.165, 1.54) is 4.31 Å². The highest BCUT2D eigenvalue weighted by Gasteiger charge is 2.26. The van der Waals surface area contributed by atoms with Crippen LogP contribution >= 0.6 is 0 Å². The summed E-state index contributed by atoms with van der Waals surface area (Å²) in [6, 6.07) is 16.7. The lowest BCUT2D eigenvalue weighted by atomic mass is 9.96. The van der Waals surface area contributed by atoms with E-state index >= 15 is 0 Å². The van der Waals surface area contributed by atoms with Crippen molar-refractivity contribution in [1.29, 1.82) is 0 Å². The van der Waals surface area contributed by atoms with Crippen molar-refractivity contribution < 1.29 is 13.2 Å². The van der Waals surface area contributed by atoms with Gasteiger partial charge in [-0.25, -0.2) is 8.42 Å². The third kappa shape index (κ3) is 4.93. The number of anilines is 1. The number of hydrogen-bond donors (Lipinski definition) is 1. The lowest BCUT2D eigenvalue weighted by Crippen LogP contribution is -2.37. The van der Waals surface area contributed by atoms with Gasteiger partial charge in [0.1, 0.15) is 0 Å². The average Bonchev–Trinajstić information content (AvgIpc) is 2.67. The minimum atomic E-state index is -3.25. The van der Waals surface area contributed by atoms with Crippen molar-refractivity contribution in [3.05, 3.63) is 65.7 Å². The third-order valence-electron chi connectivity index (χ3n) is 4.98. The number of amides is 1. The van der Waals surface area contributed by atoms with Gasteiger partial charge in [0.15, 0.2) is 0 Å². The molecule has 1 atom stereocenters.